The maximum atomic E-state index is 12.8. The minimum absolute atomic E-state index is 0.140. The van der Waals surface area contributed by atoms with Gasteiger partial charge in [0.15, 0.2) is 12.4 Å². The summed E-state index contributed by atoms with van der Waals surface area (Å²) < 4.78 is 22.6. The van der Waals surface area contributed by atoms with Crippen LogP contribution in [0.4, 0.5) is 0 Å². The molecule has 2 atom stereocenters. The van der Waals surface area contributed by atoms with Crippen LogP contribution in [0.25, 0.3) is 0 Å². The number of quaternary nitrogens is 1. The Morgan fingerprint density at radius 1 is 0.413 bits per heavy atom. The topological polar surface area (TPSA) is 111 Å². The molecular weight excluding hydrogens is 935 g/mol. The number of ether oxygens (including phenoxy) is 4. The molecule has 0 saturated heterocycles. The molecule has 0 aliphatic rings. The van der Waals surface area contributed by atoms with Crippen molar-refractivity contribution in [3.8, 4) is 0 Å². The lowest BCUT2D eigenvalue weighted by Crippen LogP contribution is -2.44. The molecule has 9 heteroatoms. The van der Waals surface area contributed by atoms with Crippen LogP contribution in [0, 0.1) is 0 Å². The van der Waals surface area contributed by atoms with Crippen molar-refractivity contribution in [2.24, 2.45) is 0 Å². The zero-order valence-electron chi connectivity index (χ0n) is 48.1. The highest BCUT2D eigenvalue weighted by atomic mass is 16.7. The number of rotatable bonds is 52. The molecule has 0 bridgehead atoms. The number of aliphatic carboxylic acids is 1. The number of likely N-dealkylation sites (N-methyl/N-ethyl adjacent to an activating group) is 1. The molecule has 0 heterocycles. The molecule has 2 unspecified atom stereocenters. The Morgan fingerprint density at radius 3 is 1.13 bits per heavy atom. The molecule has 9 nitrogen and oxygen atoms in total. The van der Waals surface area contributed by atoms with Crippen LogP contribution in [-0.4, -0.2) is 82.3 Å². The first-order valence-electron chi connectivity index (χ1n) is 29.3. The molecule has 0 aromatic carbocycles. The van der Waals surface area contributed by atoms with E-state index in [0.29, 0.717) is 17.4 Å². The second kappa shape index (κ2) is 55.7. The molecule has 424 valence electrons. The Hall–Kier alpha value is -4.57. The molecule has 0 amide bonds. The summed E-state index contributed by atoms with van der Waals surface area (Å²) >= 11 is 0. The molecule has 0 N–H and O–H groups in total. The summed E-state index contributed by atoms with van der Waals surface area (Å²) in [6.45, 7) is 4.57. The average molecular weight is 1040 g/mol. The van der Waals surface area contributed by atoms with Crippen molar-refractivity contribution in [3.05, 3.63) is 134 Å². The molecule has 0 saturated carbocycles. The number of carboxylic acid groups (broad SMARTS) is 1. The summed E-state index contributed by atoms with van der Waals surface area (Å²) in [6.07, 6.45) is 76.7. The largest absolute Gasteiger partial charge is 0.545 e. The van der Waals surface area contributed by atoms with E-state index in [1.54, 1.807) is 0 Å². The van der Waals surface area contributed by atoms with Gasteiger partial charge in [0, 0.05) is 12.8 Å². The van der Waals surface area contributed by atoms with Crippen molar-refractivity contribution in [1.29, 1.82) is 0 Å². The molecule has 0 aromatic heterocycles. The van der Waals surface area contributed by atoms with Crippen LogP contribution in [0.1, 0.15) is 206 Å². The van der Waals surface area contributed by atoms with E-state index in [-0.39, 0.29) is 38.6 Å². The smallest absolute Gasteiger partial charge is 0.306 e. The number of carbonyl (C=O) groups excluding carboxylic acids is 3. The Balaban J connectivity index is 4.12. The second-order valence-corrected chi connectivity index (χ2v) is 20.2. The first kappa shape index (κ1) is 70.4. The number of hydrogen-bond acceptors (Lipinski definition) is 8. The van der Waals surface area contributed by atoms with E-state index >= 15 is 0 Å². The van der Waals surface area contributed by atoms with E-state index in [1.165, 1.54) is 57.8 Å². The lowest BCUT2D eigenvalue weighted by molar-refractivity contribution is -0.870. The SMILES string of the molecule is CC/C=C\C/C=C\C/C=C\C/C=C\C/C=C\C/C=C\C/C=C\C/C=C\C/C=C\C/C=C\C/C=C\CCCCCCCCCC(=O)OC(COC(=O)CCCCCCCCCCC)COC(OCC[N+](C)(C)C)C(=O)[O-]. The highest BCUT2D eigenvalue weighted by Gasteiger charge is 2.22. The van der Waals surface area contributed by atoms with Gasteiger partial charge < -0.3 is 33.3 Å². The molecule has 75 heavy (non-hydrogen) atoms. The van der Waals surface area contributed by atoms with Gasteiger partial charge >= 0.3 is 11.9 Å². The van der Waals surface area contributed by atoms with Gasteiger partial charge in [0.1, 0.15) is 13.2 Å². The minimum atomic E-state index is -1.63. The van der Waals surface area contributed by atoms with Crippen molar-refractivity contribution in [1.82, 2.24) is 0 Å². The third kappa shape index (κ3) is 57.0. The standard InChI is InChI=1S/C66H107NO8/c1-6-8-10-12-14-16-17-18-19-20-21-22-23-24-25-26-27-28-29-30-31-32-33-34-35-36-37-38-39-40-41-42-43-44-45-46-47-49-51-53-55-57-64(69)75-62(61-74-66(65(70)71)72-59-58-67(3,4)5)60-73-63(68)56-54-52-50-48-15-13-11-9-7-2/h8,10,14,16,18-19,21-22,24-25,27-28,30-31,33-34,36-37,39-40,42-43,62,66H,6-7,9,11-13,15,17,20,23,26,29,32,35,38,41,44-61H2,1-5H3/b10-8-,16-14-,19-18-,22-21-,25-24-,28-27-,31-30-,34-33-,37-36-,40-39-,43-42-. The van der Waals surface area contributed by atoms with Crippen molar-refractivity contribution in [2.75, 3.05) is 47.5 Å². The highest BCUT2D eigenvalue weighted by molar-refractivity contribution is 5.70. The van der Waals surface area contributed by atoms with Crippen molar-refractivity contribution < 1.29 is 42.9 Å². The summed E-state index contributed by atoms with van der Waals surface area (Å²) in [7, 11) is 5.90. The molecule has 0 rings (SSSR count). The van der Waals surface area contributed by atoms with Crippen molar-refractivity contribution in [3.63, 3.8) is 0 Å². The first-order chi connectivity index (χ1) is 36.6. The number of carboxylic acids is 1. The molecule has 0 fully saturated rings. The lowest BCUT2D eigenvalue weighted by atomic mass is 10.1. The fraction of sp³-hybridized carbons (Fsp3) is 0.621. The average Bonchev–Trinajstić information content (AvgIpc) is 3.38. The summed E-state index contributed by atoms with van der Waals surface area (Å²) in [5.41, 5.74) is 0. The summed E-state index contributed by atoms with van der Waals surface area (Å²) in [6, 6.07) is 0. The van der Waals surface area contributed by atoms with Gasteiger partial charge in [-0.05, 0) is 96.3 Å². The Labute approximate surface area is 459 Å². The van der Waals surface area contributed by atoms with Gasteiger partial charge in [0.2, 0.25) is 0 Å². The molecular formula is C66H107NO8. The van der Waals surface area contributed by atoms with Crippen LogP contribution in [0.3, 0.4) is 0 Å². The maximum Gasteiger partial charge on any atom is 0.306 e. The number of carbonyl (C=O) groups is 3. The normalized spacial score (nSPS) is 13.8. The van der Waals surface area contributed by atoms with Gasteiger partial charge in [-0.1, -0.05) is 231 Å². The minimum Gasteiger partial charge on any atom is -0.545 e. The molecule has 0 radical (unpaired) electrons. The molecule has 0 aliphatic heterocycles. The number of hydrogen-bond donors (Lipinski definition) is 0. The van der Waals surface area contributed by atoms with Crippen LogP contribution in [-0.2, 0) is 33.3 Å². The maximum absolute atomic E-state index is 12.8. The van der Waals surface area contributed by atoms with Crippen molar-refractivity contribution in [2.45, 2.75) is 219 Å². The van der Waals surface area contributed by atoms with Gasteiger partial charge in [-0.2, -0.15) is 0 Å². The quantitative estimate of drug-likeness (QED) is 0.0195. The third-order valence-corrected chi connectivity index (χ3v) is 11.9. The van der Waals surface area contributed by atoms with E-state index in [0.717, 1.165) is 116 Å². The van der Waals surface area contributed by atoms with E-state index in [9.17, 15) is 19.5 Å². The predicted molar refractivity (Wildman–Crippen MR) is 315 cm³/mol. The second-order valence-electron chi connectivity index (χ2n) is 20.2. The summed E-state index contributed by atoms with van der Waals surface area (Å²) in [5, 5.41) is 11.7. The monoisotopic (exact) mass is 1040 g/mol. The molecule has 0 aliphatic carbocycles. The van der Waals surface area contributed by atoms with Crippen LogP contribution in [0.15, 0.2) is 134 Å². The van der Waals surface area contributed by atoms with Gasteiger partial charge in [-0.25, -0.2) is 0 Å². The fourth-order valence-corrected chi connectivity index (χ4v) is 7.42. The van der Waals surface area contributed by atoms with Gasteiger partial charge in [0.25, 0.3) is 0 Å². The zero-order valence-corrected chi connectivity index (χ0v) is 48.1. The number of unbranched alkanes of at least 4 members (excludes halogenated alkanes) is 15. The van der Waals surface area contributed by atoms with Crippen LogP contribution in [0.2, 0.25) is 0 Å². The summed E-state index contributed by atoms with van der Waals surface area (Å²) in [4.78, 5) is 37.0. The Bertz CT molecular complexity index is 1690. The Morgan fingerprint density at radius 2 is 0.760 bits per heavy atom. The molecule has 0 aromatic rings. The number of allylic oxidation sites excluding steroid dienone is 22. The predicted octanol–water partition coefficient (Wildman–Crippen LogP) is 16.1. The summed E-state index contributed by atoms with van der Waals surface area (Å²) in [5.74, 6) is -2.31. The third-order valence-electron chi connectivity index (χ3n) is 11.9. The van der Waals surface area contributed by atoms with E-state index in [4.69, 9.17) is 18.9 Å². The highest BCUT2D eigenvalue weighted by Crippen LogP contribution is 2.14. The zero-order chi connectivity index (χ0) is 54.8. The van der Waals surface area contributed by atoms with E-state index in [2.05, 4.69) is 148 Å². The van der Waals surface area contributed by atoms with Crippen LogP contribution in [0.5, 0.6) is 0 Å². The van der Waals surface area contributed by atoms with Gasteiger partial charge in [0.05, 0.1) is 40.3 Å². The van der Waals surface area contributed by atoms with E-state index in [1.807, 2.05) is 21.1 Å². The Kier molecular flexibility index (Phi) is 52.3. The van der Waals surface area contributed by atoms with Crippen LogP contribution >= 0.6 is 0 Å². The molecule has 0 spiro atoms. The van der Waals surface area contributed by atoms with Gasteiger partial charge in [-0.3, -0.25) is 9.59 Å². The lowest BCUT2D eigenvalue weighted by Gasteiger charge is -2.26. The van der Waals surface area contributed by atoms with E-state index < -0.39 is 24.3 Å². The van der Waals surface area contributed by atoms with Crippen LogP contribution < -0.4 is 5.11 Å². The number of esters is 2. The number of nitrogens with zero attached hydrogens (tertiary/aromatic N) is 1. The van der Waals surface area contributed by atoms with Gasteiger partial charge in [-0.15, -0.1) is 0 Å². The van der Waals surface area contributed by atoms with Crippen molar-refractivity contribution >= 4 is 17.9 Å². The first-order valence-corrected chi connectivity index (χ1v) is 29.3. The fourth-order valence-electron chi connectivity index (χ4n) is 7.42.